The van der Waals surface area contributed by atoms with Gasteiger partial charge in [-0.25, -0.2) is 0 Å². The molecule has 0 aliphatic heterocycles. The minimum atomic E-state index is -0.653. The van der Waals surface area contributed by atoms with Gasteiger partial charge in [0, 0.05) is 28.7 Å². The molecule has 0 radical (unpaired) electrons. The maximum absolute atomic E-state index is 12.9. The fourth-order valence-electron chi connectivity index (χ4n) is 2.42. The normalized spacial score (nSPS) is 11.9. The summed E-state index contributed by atoms with van der Waals surface area (Å²) in [4.78, 5) is 28.2. The first kappa shape index (κ1) is 22.7. The van der Waals surface area contributed by atoms with Crippen molar-refractivity contribution < 1.29 is 14.3 Å². The highest BCUT2D eigenvalue weighted by Gasteiger charge is 2.18. The summed E-state index contributed by atoms with van der Waals surface area (Å²) >= 11 is 7.41. The zero-order chi connectivity index (χ0) is 21.6. The minimum absolute atomic E-state index is 0.150. The van der Waals surface area contributed by atoms with Crippen molar-refractivity contribution >= 4 is 34.9 Å². The largest absolute Gasteiger partial charge is 0.483 e. The van der Waals surface area contributed by atoms with Crippen molar-refractivity contribution in [2.24, 2.45) is 10.7 Å². The Bertz CT molecular complexity index is 1010. The summed E-state index contributed by atoms with van der Waals surface area (Å²) in [7, 11) is 0. The van der Waals surface area contributed by atoms with Crippen LogP contribution in [0.4, 0.5) is 0 Å². The second kappa shape index (κ2) is 9.72. The van der Waals surface area contributed by atoms with Gasteiger partial charge in [0.2, 0.25) is 0 Å². The Morgan fingerprint density at radius 2 is 2.10 bits per heavy atom. The summed E-state index contributed by atoms with van der Waals surface area (Å²) in [5.41, 5.74) is 6.00. The number of aryl methyl sites for hydroxylation is 1. The van der Waals surface area contributed by atoms with Gasteiger partial charge < -0.3 is 10.5 Å². The van der Waals surface area contributed by atoms with E-state index in [0.717, 1.165) is 5.56 Å². The number of amides is 2. The zero-order valence-electron chi connectivity index (χ0n) is 16.6. The van der Waals surface area contributed by atoms with Gasteiger partial charge >= 0.3 is 0 Å². The van der Waals surface area contributed by atoms with E-state index in [0.29, 0.717) is 29.0 Å². The molecule has 1 aromatic heterocycles. The maximum atomic E-state index is 12.9. The van der Waals surface area contributed by atoms with E-state index >= 15 is 0 Å². The molecule has 2 N–H and O–H groups in total. The van der Waals surface area contributed by atoms with Crippen molar-refractivity contribution in [1.29, 1.82) is 5.26 Å². The molecule has 2 aromatic rings. The molecule has 9 heteroatoms. The second-order valence-electron chi connectivity index (χ2n) is 7.37. The fourth-order valence-corrected chi connectivity index (χ4v) is 3.63. The van der Waals surface area contributed by atoms with Gasteiger partial charge in [-0.1, -0.05) is 11.6 Å². The second-order valence-corrected chi connectivity index (χ2v) is 8.77. The van der Waals surface area contributed by atoms with E-state index in [1.807, 2.05) is 10.2 Å². The summed E-state index contributed by atoms with van der Waals surface area (Å²) in [5.74, 6) is -0.996. The summed E-state index contributed by atoms with van der Waals surface area (Å²) in [5, 5.41) is 9.15. The highest BCUT2D eigenvalue weighted by Crippen LogP contribution is 2.24. The molecular weight excluding hydrogens is 412 g/mol. The summed E-state index contributed by atoms with van der Waals surface area (Å²) in [6.45, 7) is 5.81. The van der Waals surface area contributed by atoms with Crippen LogP contribution in [0.3, 0.4) is 0 Å². The lowest BCUT2D eigenvalue weighted by Crippen LogP contribution is -2.21. The molecule has 0 aliphatic carbocycles. The van der Waals surface area contributed by atoms with Crippen LogP contribution >= 0.6 is 23.1 Å². The molecule has 0 fully saturated rings. The number of carbonyl (C=O) groups excluding carboxylic acids is 2. The minimum Gasteiger partial charge on any atom is -0.483 e. The smallest absolute Gasteiger partial charge is 0.282 e. The number of unbranched alkanes of at least 4 members (excludes halogenated alkanes) is 1. The van der Waals surface area contributed by atoms with Gasteiger partial charge in [-0.3, -0.25) is 13.5 Å². The van der Waals surface area contributed by atoms with Crippen LogP contribution in [0, 0.1) is 11.3 Å². The standard InChI is InChI=1S/C20H23ClN4O3S/c1-20(2,3)25-11-13(6-4-5-9-22)19(29-25)24-18(27)15-10-14(21)7-8-16(15)28-12-17(23)26/h7-8,10-11H,4-6,12H2,1-3H3,(H2,23,26)/b24-19-. The number of benzene rings is 1. The van der Waals surface area contributed by atoms with Crippen LogP contribution in [0.1, 0.15) is 49.5 Å². The van der Waals surface area contributed by atoms with Crippen molar-refractivity contribution in [3.8, 4) is 11.8 Å². The van der Waals surface area contributed by atoms with E-state index < -0.39 is 11.8 Å². The van der Waals surface area contributed by atoms with Crippen molar-refractivity contribution in [2.75, 3.05) is 6.61 Å². The lowest BCUT2D eigenvalue weighted by Gasteiger charge is -2.19. The van der Waals surface area contributed by atoms with Crippen molar-refractivity contribution in [1.82, 2.24) is 3.96 Å². The lowest BCUT2D eigenvalue weighted by atomic mass is 10.1. The third-order valence-electron chi connectivity index (χ3n) is 3.87. The van der Waals surface area contributed by atoms with Crippen LogP contribution in [0.15, 0.2) is 29.4 Å². The van der Waals surface area contributed by atoms with E-state index in [1.54, 1.807) is 6.07 Å². The first-order chi connectivity index (χ1) is 13.6. The zero-order valence-corrected chi connectivity index (χ0v) is 18.1. The molecule has 2 rings (SSSR count). The Morgan fingerprint density at radius 1 is 1.38 bits per heavy atom. The molecule has 7 nitrogen and oxygen atoms in total. The topological polar surface area (TPSA) is 110 Å². The van der Waals surface area contributed by atoms with E-state index in [1.165, 1.54) is 23.7 Å². The molecule has 0 spiro atoms. The van der Waals surface area contributed by atoms with Crippen molar-refractivity contribution in [3.05, 3.63) is 45.2 Å². The number of primary amides is 1. The monoisotopic (exact) mass is 434 g/mol. The molecule has 0 unspecified atom stereocenters. The average Bonchev–Trinajstić information content (AvgIpc) is 3.04. The number of nitrogens with zero attached hydrogens (tertiary/aromatic N) is 3. The number of hydrogen-bond donors (Lipinski definition) is 1. The predicted octanol–water partition coefficient (Wildman–Crippen LogP) is 3.41. The van der Waals surface area contributed by atoms with Gasteiger partial charge in [0.15, 0.2) is 6.61 Å². The number of halogens is 1. The quantitative estimate of drug-likeness (QED) is 0.673. The molecule has 0 saturated heterocycles. The fraction of sp³-hybridized carbons (Fsp3) is 0.400. The van der Waals surface area contributed by atoms with Crippen molar-refractivity contribution in [3.63, 3.8) is 0 Å². The van der Waals surface area contributed by atoms with E-state index in [-0.39, 0.29) is 23.5 Å². The number of nitriles is 1. The lowest BCUT2D eigenvalue weighted by molar-refractivity contribution is -0.119. The molecule has 1 aromatic carbocycles. The van der Waals surface area contributed by atoms with Crippen LogP contribution < -0.4 is 15.1 Å². The Labute approximate surface area is 178 Å². The maximum Gasteiger partial charge on any atom is 0.282 e. The average molecular weight is 435 g/mol. The van der Waals surface area contributed by atoms with Crippen LogP contribution in [0.25, 0.3) is 0 Å². The third kappa shape index (κ3) is 6.44. The number of aromatic nitrogens is 1. The number of carbonyl (C=O) groups is 2. The van der Waals surface area contributed by atoms with Crippen LogP contribution in [0.2, 0.25) is 5.02 Å². The van der Waals surface area contributed by atoms with Crippen LogP contribution in [-0.4, -0.2) is 22.4 Å². The predicted molar refractivity (Wildman–Crippen MR) is 112 cm³/mol. The van der Waals surface area contributed by atoms with Gasteiger partial charge in [-0.05, 0) is 63.3 Å². The molecule has 29 heavy (non-hydrogen) atoms. The molecule has 154 valence electrons. The Hall–Kier alpha value is -2.63. The summed E-state index contributed by atoms with van der Waals surface area (Å²) in [6.07, 6.45) is 3.72. The van der Waals surface area contributed by atoms with Crippen LogP contribution in [-0.2, 0) is 16.8 Å². The number of rotatable bonds is 7. The molecule has 0 saturated carbocycles. The molecule has 0 aliphatic rings. The molecule has 2 amide bonds. The molecule has 0 atom stereocenters. The summed E-state index contributed by atoms with van der Waals surface area (Å²) < 4.78 is 7.93. The SMILES string of the molecule is CC(C)(C)n1cc(CCCC#N)/c(=N/C(=O)c2cc(Cl)ccc2OCC(N)=O)s1. The number of nitrogens with two attached hydrogens (primary N) is 1. The van der Waals surface area contributed by atoms with Gasteiger partial charge in [-0.2, -0.15) is 10.3 Å². The number of ether oxygens (including phenoxy) is 1. The molecular formula is C20H23ClN4O3S. The molecule has 0 bridgehead atoms. The third-order valence-corrected chi connectivity index (χ3v) is 5.48. The van der Waals surface area contributed by atoms with Gasteiger partial charge in [0.1, 0.15) is 10.4 Å². The van der Waals surface area contributed by atoms with Crippen LogP contribution in [0.5, 0.6) is 5.75 Å². The van der Waals surface area contributed by atoms with E-state index in [4.69, 9.17) is 27.3 Å². The number of hydrogen-bond acceptors (Lipinski definition) is 5. The van der Waals surface area contributed by atoms with E-state index in [9.17, 15) is 9.59 Å². The Balaban J connectivity index is 2.46. The molecule has 1 heterocycles. The Kier molecular flexibility index (Phi) is 7.59. The van der Waals surface area contributed by atoms with E-state index in [2.05, 4.69) is 31.8 Å². The Morgan fingerprint density at radius 3 is 2.72 bits per heavy atom. The summed E-state index contributed by atoms with van der Waals surface area (Å²) in [6, 6.07) is 6.64. The van der Waals surface area contributed by atoms with Crippen molar-refractivity contribution in [2.45, 2.75) is 45.6 Å². The first-order valence-corrected chi connectivity index (χ1v) is 10.2. The van der Waals surface area contributed by atoms with Gasteiger partial charge in [0.05, 0.1) is 11.6 Å². The van der Waals surface area contributed by atoms with Gasteiger partial charge in [-0.15, -0.1) is 0 Å². The highest BCUT2D eigenvalue weighted by molar-refractivity contribution is 7.04. The van der Waals surface area contributed by atoms with Gasteiger partial charge in [0.25, 0.3) is 11.8 Å². The first-order valence-electron chi connectivity index (χ1n) is 9.01. The highest BCUT2D eigenvalue weighted by atomic mass is 35.5.